The van der Waals surface area contributed by atoms with E-state index in [-0.39, 0.29) is 0 Å². The van der Waals surface area contributed by atoms with Gasteiger partial charge in [0.2, 0.25) is 0 Å². The lowest BCUT2D eigenvalue weighted by molar-refractivity contribution is 0.675. The van der Waals surface area contributed by atoms with E-state index in [0.29, 0.717) is 5.92 Å². The number of hydrogen-bond donors (Lipinski definition) is 1. The van der Waals surface area contributed by atoms with Crippen molar-refractivity contribution in [1.29, 1.82) is 0 Å². The smallest absolute Gasteiger partial charge is 0.0505 e. The standard InChI is InChI=1S/C11H18N2S/c1-9(6-12)7-14-8-11-5-3-4-10(2)13-11/h3-5,9H,6-8,12H2,1-2H3. The maximum absolute atomic E-state index is 5.55. The molecule has 78 valence electrons. The number of nitrogens with two attached hydrogens (primary N) is 1. The van der Waals surface area contributed by atoms with E-state index in [0.717, 1.165) is 23.7 Å². The third kappa shape index (κ3) is 4.11. The van der Waals surface area contributed by atoms with Crippen LogP contribution in [0.5, 0.6) is 0 Å². The van der Waals surface area contributed by atoms with Crippen molar-refractivity contribution in [3.63, 3.8) is 0 Å². The molecule has 1 unspecified atom stereocenters. The van der Waals surface area contributed by atoms with Crippen LogP contribution in [0.3, 0.4) is 0 Å². The minimum Gasteiger partial charge on any atom is -0.330 e. The minimum absolute atomic E-state index is 0.602. The Morgan fingerprint density at radius 3 is 2.93 bits per heavy atom. The monoisotopic (exact) mass is 210 g/mol. The van der Waals surface area contributed by atoms with Gasteiger partial charge in [0.25, 0.3) is 0 Å². The van der Waals surface area contributed by atoms with Gasteiger partial charge < -0.3 is 5.73 Å². The molecule has 2 nitrogen and oxygen atoms in total. The Morgan fingerprint density at radius 1 is 1.50 bits per heavy atom. The molecule has 1 atom stereocenters. The number of aryl methyl sites for hydroxylation is 1. The van der Waals surface area contributed by atoms with E-state index in [4.69, 9.17) is 5.73 Å². The summed E-state index contributed by atoms with van der Waals surface area (Å²) in [6.07, 6.45) is 0. The molecular formula is C11H18N2S. The Morgan fingerprint density at radius 2 is 2.29 bits per heavy atom. The summed E-state index contributed by atoms with van der Waals surface area (Å²) in [5, 5.41) is 0. The van der Waals surface area contributed by atoms with Gasteiger partial charge in [0.05, 0.1) is 5.69 Å². The Labute approximate surface area is 90.3 Å². The molecule has 0 aliphatic heterocycles. The molecule has 0 aliphatic carbocycles. The van der Waals surface area contributed by atoms with Crippen molar-refractivity contribution in [3.8, 4) is 0 Å². The number of rotatable bonds is 5. The summed E-state index contributed by atoms with van der Waals surface area (Å²) in [5.74, 6) is 2.71. The van der Waals surface area contributed by atoms with Gasteiger partial charge in [-0.2, -0.15) is 11.8 Å². The zero-order chi connectivity index (χ0) is 10.4. The average molecular weight is 210 g/mol. The second-order valence-electron chi connectivity index (χ2n) is 3.63. The summed E-state index contributed by atoms with van der Waals surface area (Å²) >= 11 is 1.91. The number of pyridine rings is 1. The van der Waals surface area contributed by atoms with Crippen LogP contribution in [0.25, 0.3) is 0 Å². The van der Waals surface area contributed by atoms with Crippen molar-refractivity contribution in [2.45, 2.75) is 19.6 Å². The number of nitrogens with zero attached hydrogens (tertiary/aromatic N) is 1. The van der Waals surface area contributed by atoms with Crippen LogP contribution in [0.1, 0.15) is 18.3 Å². The van der Waals surface area contributed by atoms with E-state index in [9.17, 15) is 0 Å². The first kappa shape index (κ1) is 11.5. The molecule has 14 heavy (non-hydrogen) atoms. The van der Waals surface area contributed by atoms with Gasteiger partial charge in [0, 0.05) is 11.4 Å². The van der Waals surface area contributed by atoms with Gasteiger partial charge in [-0.25, -0.2) is 0 Å². The summed E-state index contributed by atoms with van der Waals surface area (Å²) in [5.41, 5.74) is 7.81. The predicted octanol–water partition coefficient (Wildman–Crippen LogP) is 2.22. The Kier molecular flexibility index (Phi) is 4.98. The first-order valence-corrected chi connectivity index (χ1v) is 6.08. The van der Waals surface area contributed by atoms with Gasteiger partial charge in [-0.15, -0.1) is 0 Å². The molecule has 1 heterocycles. The highest BCUT2D eigenvalue weighted by Gasteiger charge is 2.00. The number of hydrogen-bond acceptors (Lipinski definition) is 3. The molecule has 1 aromatic heterocycles. The van der Waals surface area contributed by atoms with E-state index < -0.39 is 0 Å². The molecular weight excluding hydrogens is 192 g/mol. The molecule has 0 bridgehead atoms. The molecule has 0 saturated carbocycles. The lowest BCUT2D eigenvalue weighted by Gasteiger charge is -2.07. The summed E-state index contributed by atoms with van der Waals surface area (Å²) in [7, 11) is 0. The first-order valence-electron chi connectivity index (χ1n) is 4.92. The Hall–Kier alpha value is -0.540. The van der Waals surface area contributed by atoms with Crippen molar-refractivity contribution >= 4 is 11.8 Å². The molecule has 2 N–H and O–H groups in total. The normalized spacial score (nSPS) is 12.8. The summed E-state index contributed by atoms with van der Waals surface area (Å²) in [6, 6.07) is 6.16. The van der Waals surface area contributed by atoms with E-state index in [1.54, 1.807) is 0 Å². The Balaban J connectivity index is 2.31. The van der Waals surface area contributed by atoms with Crippen LogP contribution in [0, 0.1) is 12.8 Å². The van der Waals surface area contributed by atoms with Crippen molar-refractivity contribution < 1.29 is 0 Å². The zero-order valence-corrected chi connectivity index (χ0v) is 9.68. The maximum atomic E-state index is 5.55. The summed E-state index contributed by atoms with van der Waals surface area (Å²) in [4.78, 5) is 4.44. The minimum atomic E-state index is 0.602. The van der Waals surface area contributed by atoms with Gasteiger partial charge in [-0.1, -0.05) is 13.0 Å². The van der Waals surface area contributed by atoms with Gasteiger partial charge in [-0.3, -0.25) is 4.98 Å². The van der Waals surface area contributed by atoms with Crippen LogP contribution in [-0.2, 0) is 5.75 Å². The Bertz CT molecular complexity index is 276. The average Bonchev–Trinajstić information content (AvgIpc) is 2.17. The van der Waals surface area contributed by atoms with Crippen LogP contribution >= 0.6 is 11.8 Å². The largest absolute Gasteiger partial charge is 0.330 e. The molecule has 0 saturated heterocycles. The van der Waals surface area contributed by atoms with Crippen LogP contribution in [0.4, 0.5) is 0 Å². The first-order chi connectivity index (χ1) is 6.72. The van der Waals surface area contributed by atoms with Crippen LogP contribution in [-0.4, -0.2) is 17.3 Å². The second-order valence-corrected chi connectivity index (χ2v) is 4.66. The molecule has 0 spiro atoms. The molecule has 1 aromatic rings. The molecule has 1 rings (SSSR count). The van der Waals surface area contributed by atoms with Gasteiger partial charge in [-0.05, 0) is 37.3 Å². The molecule has 0 amide bonds. The fourth-order valence-electron chi connectivity index (χ4n) is 1.11. The van der Waals surface area contributed by atoms with E-state index >= 15 is 0 Å². The highest BCUT2D eigenvalue weighted by Crippen LogP contribution is 2.13. The van der Waals surface area contributed by atoms with E-state index in [1.807, 2.05) is 24.8 Å². The van der Waals surface area contributed by atoms with E-state index in [2.05, 4.69) is 24.0 Å². The fourth-order valence-corrected chi connectivity index (χ4v) is 2.14. The second kappa shape index (κ2) is 6.04. The van der Waals surface area contributed by atoms with Crippen molar-refractivity contribution in [2.24, 2.45) is 11.7 Å². The van der Waals surface area contributed by atoms with Gasteiger partial charge in [0.1, 0.15) is 0 Å². The highest BCUT2D eigenvalue weighted by atomic mass is 32.2. The van der Waals surface area contributed by atoms with Crippen molar-refractivity contribution in [3.05, 3.63) is 29.6 Å². The SMILES string of the molecule is Cc1cccc(CSCC(C)CN)n1. The van der Waals surface area contributed by atoms with Crippen molar-refractivity contribution in [1.82, 2.24) is 4.98 Å². The van der Waals surface area contributed by atoms with Crippen LogP contribution < -0.4 is 5.73 Å². The van der Waals surface area contributed by atoms with Gasteiger partial charge >= 0.3 is 0 Å². The third-order valence-corrected chi connectivity index (χ3v) is 3.31. The zero-order valence-electron chi connectivity index (χ0n) is 8.86. The summed E-state index contributed by atoms with van der Waals surface area (Å²) in [6.45, 7) is 4.97. The third-order valence-electron chi connectivity index (χ3n) is 2.00. The predicted molar refractivity (Wildman–Crippen MR) is 63.4 cm³/mol. The number of aromatic nitrogens is 1. The molecule has 3 heteroatoms. The lowest BCUT2D eigenvalue weighted by atomic mass is 10.2. The highest BCUT2D eigenvalue weighted by molar-refractivity contribution is 7.98. The van der Waals surface area contributed by atoms with Crippen LogP contribution in [0.15, 0.2) is 18.2 Å². The summed E-state index contributed by atoms with van der Waals surface area (Å²) < 4.78 is 0. The molecule has 0 radical (unpaired) electrons. The molecule has 0 aromatic carbocycles. The van der Waals surface area contributed by atoms with E-state index in [1.165, 1.54) is 5.69 Å². The quantitative estimate of drug-likeness (QED) is 0.810. The number of thioether (sulfide) groups is 1. The topological polar surface area (TPSA) is 38.9 Å². The van der Waals surface area contributed by atoms with Crippen LogP contribution in [0.2, 0.25) is 0 Å². The maximum Gasteiger partial charge on any atom is 0.0505 e. The molecule has 0 fully saturated rings. The lowest BCUT2D eigenvalue weighted by Crippen LogP contribution is -2.12. The van der Waals surface area contributed by atoms with Crippen molar-refractivity contribution in [2.75, 3.05) is 12.3 Å². The fraction of sp³-hybridized carbons (Fsp3) is 0.545. The molecule has 0 aliphatic rings. The van der Waals surface area contributed by atoms with Gasteiger partial charge in [0.15, 0.2) is 0 Å².